The average Bonchev–Trinajstić information content (AvgIpc) is 2.81. The van der Waals surface area contributed by atoms with Crippen molar-refractivity contribution in [1.29, 1.82) is 0 Å². The third kappa shape index (κ3) is 2.98. The molecule has 0 fully saturated rings. The molecule has 1 aliphatic rings. The van der Waals surface area contributed by atoms with Crippen LogP contribution in [-0.4, -0.2) is 18.9 Å². The molecule has 0 radical (unpaired) electrons. The summed E-state index contributed by atoms with van der Waals surface area (Å²) in [6.07, 6.45) is 0. The van der Waals surface area contributed by atoms with E-state index in [4.69, 9.17) is 16.3 Å². The molecule has 25 heavy (non-hydrogen) atoms. The lowest BCUT2D eigenvalue weighted by atomic mass is 10.1. The second-order valence-electron chi connectivity index (χ2n) is 5.71. The highest BCUT2D eigenvalue weighted by Gasteiger charge is 2.39. The number of carbonyl (C=O) groups is 2. The Morgan fingerprint density at radius 2 is 1.76 bits per heavy atom. The standard InChI is InChI=1S/C19H17ClN2O3/c1-11-6-4-9-15(12(11)2)22-18(23)16(20)17(19(22)24)21-13-7-5-8-14(10-13)25-3/h4-10,21H,1-3H3. The van der Waals surface area contributed by atoms with Crippen molar-refractivity contribution in [3.63, 3.8) is 0 Å². The number of nitrogens with zero attached hydrogens (tertiary/aromatic N) is 1. The van der Waals surface area contributed by atoms with Gasteiger partial charge in [-0.15, -0.1) is 0 Å². The van der Waals surface area contributed by atoms with Gasteiger partial charge in [-0.1, -0.05) is 29.8 Å². The van der Waals surface area contributed by atoms with Gasteiger partial charge in [0.25, 0.3) is 11.8 Å². The minimum atomic E-state index is -0.536. The fourth-order valence-corrected chi connectivity index (χ4v) is 2.87. The number of rotatable bonds is 4. The maximum atomic E-state index is 12.8. The smallest absolute Gasteiger partial charge is 0.283 e. The van der Waals surface area contributed by atoms with Crippen LogP contribution in [0.4, 0.5) is 11.4 Å². The number of imide groups is 1. The number of halogens is 1. The van der Waals surface area contributed by atoms with E-state index < -0.39 is 11.8 Å². The summed E-state index contributed by atoms with van der Waals surface area (Å²) in [7, 11) is 1.55. The molecule has 6 heteroatoms. The number of benzene rings is 2. The van der Waals surface area contributed by atoms with Crippen LogP contribution in [0.15, 0.2) is 53.2 Å². The number of methoxy groups -OCH3 is 1. The molecule has 5 nitrogen and oxygen atoms in total. The molecule has 3 rings (SSSR count). The molecule has 2 amide bonds. The Bertz CT molecular complexity index is 905. The molecule has 0 aliphatic carbocycles. The summed E-state index contributed by atoms with van der Waals surface area (Å²) in [5.74, 6) is -0.387. The van der Waals surface area contributed by atoms with E-state index in [1.54, 1.807) is 43.5 Å². The zero-order valence-electron chi connectivity index (χ0n) is 14.1. The Morgan fingerprint density at radius 1 is 1.04 bits per heavy atom. The number of ether oxygens (including phenoxy) is 1. The van der Waals surface area contributed by atoms with Crippen molar-refractivity contribution in [3.8, 4) is 5.75 Å². The average molecular weight is 357 g/mol. The number of carbonyl (C=O) groups excluding carboxylic acids is 2. The summed E-state index contributed by atoms with van der Waals surface area (Å²) in [6, 6.07) is 12.5. The van der Waals surface area contributed by atoms with Gasteiger partial charge < -0.3 is 10.1 Å². The molecule has 2 aromatic carbocycles. The van der Waals surface area contributed by atoms with Crippen LogP contribution in [0.2, 0.25) is 0 Å². The van der Waals surface area contributed by atoms with Gasteiger partial charge in [-0.25, -0.2) is 4.90 Å². The van der Waals surface area contributed by atoms with Crippen LogP contribution in [0.3, 0.4) is 0 Å². The zero-order valence-corrected chi connectivity index (χ0v) is 14.8. The van der Waals surface area contributed by atoms with Gasteiger partial charge in [0.1, 0.15) is 16.5 Å². The van der Waals surface area contributed by atoms with Gasteiger partial charge >= 0.3 is 0 Å². The number of hydrogen-bond donors (Lipinski definition) is 1. The van der Waals surface area contributed by atoms with E-state index in [2.05, 4.69) is 5.32 Å². The third-order valence-electron chi connectivity index (χ3n) is 4.18. The SMILES string of the molecule is COc1cccc(NC2=C(Cl)C(=O)N(c3cccc(C)c3C)C2=O)c1. The lowest BCUT2D eigenvalue weighted by molar-refractivity contribution is -0.120. The number of nitrogens with one attached hydrogen (secondary N) is 1. The topological polar surface area (TPSA) is 58.6 Å². The molecule has 0 saturated heterocycles. The highest BCUT2D eigenvalue weighted by atomic mass is 35.5. The first kappa shape index (κ1) is 17.0. The Hall–Kier alpha value is -2.79. The van der Waals surface area contributed by atoms with E-state index in [1.165, 1.54) is 0 Å². The van der Waals surface area contributed by atoms with Crippen LogP contribution >= 0.6 is 11.6 Å². The fourth-order valence-electron chi connectivity index (χ4n) is 2.65. The Morgan fingerprint density at radius 3 is 2.48 bits per heavy atom. The third-order valence-corrected chi connectivity index (χ3v) is 4.53. The van der Waals surface area contributed by atoms with Gasteiger partial charge in [0.15, 0.2) is 0 Å². The summed E-state index contributed by atoms with van der Waals surface area (Å²) in [6.45, 7) is 3.79. The van der Waals surface area contributed by atoms with E-state index >= 15 is 0 Å². The van der Waals surface area contributed by atoms with Gasteiger partial charge in [-0.2, -0.15) is 0 Å². The van der Waals surface area contributed by atoms with Gasteiger partial charge in [-0.3, -0.25) is 9.59 Å². The normalized spacial score (nSPS) is 14.3. The Labute approximate surface area is 150 Å². The number of anilines is 2. The van der Waals surface area contributed by atoms with E-state index in [-0.39, 0.29) is 10.7 Å². The van der Waals surface area contributed by atoms with Crippen molar-refractivity contribution in [2.45, 2.75) is 13.8 Å². The first-order valence-electron chi connectivity index (χ1n) is 7.70. The Balaban J connectivity index is 1.95. The number of hydrogen-bond acceptors (Lipinski definition) is 4. The Kier molecular flexibility index (Phi) is 4.51. The quantitative estimate of drug-likeness (QED) is 0.848. The molecular formula is C19H17ClN2O3. The lowest BCUT2D eigenvalue weighted by Crippen LogP contribution is -2.33. The number of amides is 2. The molecular weight excluding hydrogens is 340 g/mol. The molecule has 1 N–H and O–H groups in total. The van der Waals surface area contributed by atoms with Crippen LogP contribution in [0.25, 0.3) is 0 Å². The van der Waals surface area contributed by atoms with Gasteiger partial charge in [0.2, 0.25) is 0 Å². The van der Waals surface area contributed by atoms with Gasteiger partial charge in [-0.05, 0) is 43.2 Å². The summed E-state index contributed by atoms with van der Waals surface area (Å²) in [5.41, 5.74) is 3.05. The second-order valence-corrected chi connectivity index (χ2v) is 6.09. The molecule has 0 unspecified atom stereocenters. The molecule has 0 bridgehead atoms. The van der Waals surface area contributed by atoms with Crippen molar-refractivity contribution in [2.75, 3.05) is 17.3 Å². The molecule has 2 aromatic rings. The largest absolute Gasteiger partial charge is 0.497 e. The molecule has 0 atom stereocenters. The van der Waals surface area contributed by atoms with Crippen molar-refractivity contribution < 1.29 is 14.3 Å². The minimum absolute atomic E-state index is 0.0563. The monoisotopic (exact) mass is 356 g/mol. The van der Waals surface area contributed by atoms with Crippen molar-refractivity contribution in [2.24, 2.45) is 0 Å². The number of aryl methyl sites for hydroxylation is 1. The van der Waals surface area contributed by atoms with E-state index in [0.717, 1.165) is 16.0 Å². The van der Waals surface area contributed by atoms with E-state index in [1.807, 2.05) is 19.9 Å². The summed E-state index contributed by atoms with van der Waals surface area (Å²) < 4.78 is 5.16. The first-order chi connectivity index (χ1) is 11.9. The first-order valence-corrected chi connectivity index (χ1v) is 8.07. The van der Waals surface area contributed by atoms with Crippen molar-refractivity contribution in [1.82, 2.24) is 0 Å². The van der Waals surface area contributed by atoms with Crippen LogP contribution in [0.1, 0.15) is 11.1 Å². The molecule has 1 heterocycles. The fraction of sp³-hybridized carbons (Fsp3) is 0.158. The highest BCUT2D eigenvalue weighted by Crippen LogP contribution is 2.33. The summed E-state index contributed by atoms with van der Waals surface area (Å²) in [4.78, 5) is 26.5. The summed E-state index contributed by atoms with van der Waals surface area (Å²) >= 11 is 6.16. The molecule has 0 spiro atoms. The van der Waals surface area contributed by atoms with Gasteiger partial charge in [0.05, 0.1) is 12.8 Å². The van der Waals surface area contributed by atoms with E-state index in [9.17, 15) is 9.59 Å². The van der Waals surface area contributed by atoms with Gasteiger partial charge in [0, 0.05) is 11.8 Å². The predicted octanol–water partition coefficient (Wildman–Crippen LogP) is 3.75. The predicted molar refractivity (Wildman–Crippen MR) is 97.9 cm³/mol. The zero-order chi connectivity index (χ0) is 18.1. The maximum absolute atomic E-state index is 12.8. The van der Waals surface area contributed by atoms with Crippen LogP contribution in [0, 0.1) is 13.8 Å². The summed E-state index contributed by atoms with van der Waals surface area (Å²) in [5, 5.41) is 2.80. The van der Waals surface area contributed by atoms with Crippen LogP contribution < -0.4 is 15.0 Å². The molecule has 1 aliphatic heterocycles. The molecule has 0 aromatic heterocycles. The molecule has 128 valence electrons. The maximum Gasteiger partial charge on any atom is 0.283 e. The van der Waals surface area contributed by atoms with Crippen LogP contribution in [0.5, 0.6) is 5.75 Å². The minimum Gasteiger partial charge on any atom is -0.497 e. The highest BCUT2D eigenvalue weighted by molar-refractivity contribution is 6.53. The van der Waals surface area contributed by atoms with Crippen LogP contribution in [-0.2, 0) is 9.59 Å². The molecule has 0 saturated carbocycles. The lowest BCUT2D eigenvalue weighted by Gasteiger charge is -2.18. The van der Waals surface area contributed by atoms with Crippen molar-refractivity contribution >= 4 is 34.8 Å². The van der Waals surface area contributed by atoms with E-state index in [0.29, 0.717) is 17.1 Å². The second kappa shape index (κ2) is 6.61. The van der Waals surface area contributed by atoms with Crippen molar-refractivity contribution in [3.05, 3.63) is 64.3 Å².